The minimum absolute atomic E-state index is 0.768. The Morgan fingerprint density at radius 2 is 2.17 bits per heavy atom. The van der Waals surface area contributed by atoms with E-state index in [0.29, 0.717) is 0 Å². The average Bonchev–Trinajstić information content (AvgIpc) is 2.84. The Kier molecular flexibility index (Phi) is 4.30. The van der Waals surface area contributed by atoms with E-state index in [4.69, 9.17) is 4.42 Å². The van der Waals surface area contributed by atoms with E-state index < -0.39 is 0 Å². The van der Waals surface area contributed by atoms with Crippen molar-refractivity contribution in [3.63, 3.8) is 0 Å². The SMILES string of the molecule is CCNc1cnc(CN(C)Cc2ccoc2)cn1. The normalized spacial score (nSPS) is 10.8. The molecule has 0 aliphatic rings. The fourth-order valence-corrected chi connectivity index (χ4v) is 1.74. The van der Waals surface area contributed by atoms with Crippen molar-refractivity contribution in [2.24, 2.45) is 0 Å². The average molecular weight is 246 g/mol. The van der Waals surface area contributed by atoms with Gasteiger partial charge in [-0.05, 0) is 20.0 Å². The molecular formula is C13H18N4O. The Labute approximate surface area is 107 Å². The van der Waals surface area contributed by atoms with Crippen LogP contribution in [0.1, 0.15) is 18.2 Å². The van der Waals surface area contributed by atoms with Crippen molar-refractivity contribution in [2.45, 2.75) is 20.0 Å². The van der Waals surface area contributed by atoms with E-state index in [9.17, 15) is 0 Å². The standard InChI is InChI=1S/C13H18N4O/c1-3-14-13-7-15-12(6-16-13)9-17(2)8-11-4-5-18-10-11/h4-7,10H,3,8-9H2,1-2H3,(H,14,16). The number of furan rings is 1. The summed E-state index contributed by atoms with van der Waals surface area (Å²) in [7, 11) is 2.05. The van der Waals surface area contributed by atoms with Crippen LogP contribution >= 0.6 is 0 Å². The predicted molar refractivity (Wildman–Crippen MR) is 70.1 cm³/mol. The molecule has 0 saturated carbocycles. The largest absolute Gasteiger partial charge is 0.472 e. The fraction of sp³-hybridized carbons (Fsp3) is 0.385. The van der Waals surface area contributed by atoms with E-state index >= 15 is 0 Å². The number of rotatable bonds is 6. The molecule has 18 heavy (non-hydrogen) atoms. The number of nitrogens with one attached hydrogen (secondary N) is 1. The van der Waals surface area contributed by atoms with Gasteiger partial charge in [0.05, 0.1) is 30.6 Å². The van der Waals surface area contributed by atoms with Gasteiger partial charge in [0, 0.05) is 25.2 Å². The van der Waals surface area contributed by atoms with Gasteiger partial charge in [0.1, 0.15) is 5.82 Å². The smallest absolute Gasteiger partial charge is 0.144 e. The van der Waals surface area contributed by atoms with E-state index in [1.165, 1.54) is 0 Å². The Balaban J connectivity index is 1.88. The minimum atomic E-state index is 0.768. The van der Waals surface area contributed by atoms with Crippen LogP contribution in [0.4, 0.5) is 5.82 Å². The lowest BCUT2D eigenvalue weighted by atomic mass is 10.3. The summed E-state index contributed by atoms with van der Waals surface area (Å²) >= 11 is 0. The first kappa shape index (κ1) is 12.6. The van der Waals surface area contributed by atoms with Gasteiger partial charge in [-0.25, -0.2) is 4.98 Å². The molecule has 0 bridgehead atoms. The molecular weight excluding hydrogens is 228 g/mol. The van der Waals surface area contributed by atoms with E-state index in [2.05, 4.69) is 20.2 Å². The van der Waals surface area contributed by atoms with Crippen LogP contribution in [0, 0.1) is 0 Å². The Morgan fingerprint density at radius 3 is 2.78 bits per heavy atom. The van der Waals surface area contributed by atoms with Crippen molar-refractivity contribution in [1.82, 2.24) is 14.9 Å². The van der Waals surface area contributed by atoms with Gasteiger partial charge in [0.25, 0.3) is 0 Å². The highest BCUT2D eigenvalue weighted by Crippen LogP contribution is 2.07. The Morgan fingerprint density at radius 1 is 1.28 bits per heavy atom. The number of aromatic nitrogens is 2. The molecule has 2 rings (SSSR count). The van der Waals surface area contributed by atoms with E-state index in [-0.39, 0.29) is 0 Å². The summed E-state index contributed by atoms with van der Waals surface area (Å²) in [6, 6.07) is 1.97. The highest BCUT2D eigenvalue weighted by Gasteiger charge is 2.04. The molecule has 1 N–H and O–H groups in total. The lowest BCUT2D eigenvalue weighted by molar-refractivity contribution is 0.313. The topological polar surface area (TPSA) is 54.2 Å². The maximum Gasteiger partial charge on any atom is 0.144 e. The van der Waals surface area contributed by atoms with Gasteiger partial charge in [0.2, 0.25) is 0 Å². The maximum atomic E-state index is 5.05. The second kappa shape index (κ2) is 6.16. The van der Waals surface area contributed by atoms with Crippen LogP contribution in [0.3, 0.4) is 0 Å². The van der Waals surface area contributed by atoms with E-state index in [0.717, 1.165) is 36.7 Å². The summed E-state index contributed by atoms with van der Waals surface area (Å²) in [5.41, 5.74) is 2.12. The van der Waals surface area contributed by atoms with Crippen LogP contribution in [0.15, 0.2) is 35.4 Å². The van der Waals surface area contributed by atoms with Gasteiger partial charge in [-0.15, -0.1) is 0 Å². The van der Waals surface area contributed by atoms with Gasteiger partial charge >= 0.3 is 0 Å². The Bertz CT molecular complexity index is 452. The van der Waals surface area contributed by atoms with Crippen molar-refractivity contribution in [3.05, 3.63) is 42.2 Å². The Hall–Kier alpha value is -1.88. The molecule has 2 aromatic rings. The summed E-state index contributed by atoms with van der Waals surface area (Å²) in [6.07, 6.45) is 7.03. The van der Waals surface area contributed by atoms with Crippen LogP contribution in [0.5, 0.6) is 0 Å². The zero-order valence-electron chi connectivity index (χ0n) is 10.8. The minimum Gasteiger partial charge on any atom is -0.472 e. The molecule has 96 valence electrons. The molecule has 0 spiro atoms. The van der Waals surface area contributed by atoms with Gasteiger partial charge < -0.3 is 9.73 Å². The summed E-state index contributed by atoms with van der Waals surface area (Å²) < 4.78 is 5.05. The van der Waals surface area contributed by atoms with Crippen molar-refractivity contribution in [1.29, 1.82) is 0 Å². The first-order chi connectivity index (χ1) is 8.78. The zero-order valence-corrected chi connectivity index (χ0v) is 10.8. The number of anilines is 1. The zero-order chi connectivity index (χ0) is 12.8. The highest BCUT2D eigenvalue weighted by atomic mass is 16.3. The third-order valence-electron chi connectivity index (χ3n) is 2.53. The molecule has 0 aliphatic heterocycles. The first-order valence-corrected chi connectivity index (χ1v) is 6.02. The number of hydrogen-bond donors (Lipinski definition) is 1. The second-order valence-electron chi connectivity index (χ2n) is 4.23. The summed E-state index contributed by atoms with van der Waals surface area (Å²) in [5, 5.41) is 3.12. The van der Waals surface area contributed by atoms with Crippen LogP contribution in [-0.2, 0) is 13.1 Å². The summed E-state index contributed by atoms with van der Waals surface area (Å²) in [6.45, 7) is 4.50. The molecule has 0 atom stereocenters. The van der Waals surface area contributed by atoms with Crippen LogP contribution in [0.25, 0.3) is 0 Å². The first-order valence-electron chi connectivity index (χ1n) is 6.02. The van der Waals surface area contributed by atoms with Crippen LogP contribution < -0.4 is 5.32 Å². The van der Waals surface area contributed by atoms with Crippen LogP contribution in [0.2, 0.25) is 0 Å². The summed E-state index contributed by atoms with van der Waals surface area (Å²) in [5.74, 6) is 0.818. The van der Waals surface area contributed by atoms with Crippen molar-refractivity contribution < 1.29 is 4.42 Å². The van der Waals surface area contributed by atoms with Gasteiger partial charge in [-0.1, -0.05) is 0 Å². The molecule has 0 aliphatic carbocycles. The molecule has 0 radical (unpaired) electrons. The molecule has 0 amide bonds. The lowest BCUT2D eigenvalue weighted by Crippen LogP contribution is -2.17. The van der Waals surface area contributed by atoms with E-state index in [1.807, 2.05) is 26.2 Å². The van der Waals surface area contributed by atoms with Gasteiger partial charge in [0.15, 0.2) is 0 Å². The maximum absolute atomic E-state index is 5.05. The van der Waals surface area contributed by atoms with E-state index in [1.54, 1.807) is 18.7 Å². The predicted octanol–water partition coefficient (Wildman–Crippen LogP) is 2.13. The van der Waals surface area contributed by atoms with Crippen molar-refractivity contribution in [3.8, 4) is 0 Å². The van der Waals surface area contributed by atoms with Crippen molar-refractivity contribution in [2.75, 3.05) is 18.9 Å². The quantitative estimate of drug-likeness (QED) is 0.846. The second-order valence-corrected chi connectivity index (χ2v) is 4.23. The molecule has 5 nitrogen and oxygen atoms in total. The molecule has 2 aromatic heterocycles. The third kappa shape index (κ3) is 3.56. The fourth-order valence-electron chi connectivity index (χ4n) is 1.74. The molecule has 0 saturated heterocycles. The van der Waals surface area contributed by atoms with Gasteiger partial charge in [-0.3, -0.25) is 9.88 Å². The highest BCUT2D eigenvalue weighted by molar-refractivity contribution is 5.30. The molecule has 5 heteroatoms. The number of hydrogen-bond acceptors (Lipinski definition) is 5. The summed E-state index contributed by atoms with van der Waals surface area (Å²) in [4.78, 5) is 10.8. The third-order valence-corrected chi connectivity index (χ3v) is 2.53. The number of nitrogens with zero attached hydrogens (tertiary/aromatic N) is 3. The monoisotopic (exact) mass is 246 g/mol. The molecule has 0 fully saturated rings. The molecule has 0 aromatic carbocycles. The van der Waals surface area contributed by atoms with Crippen LogP contribution in [-0.4, -0.2) is 28.5 Å². The van der Waals surface area contributed by atoms with Crippen molar-refractivity contribution >= 4 is 5.82 Å². The van der Waals surface area contributed by atoms with Gasteiger partial charge in [-0.2, -0.15) is 0 Å². The lowest BCUT2D eigenvalue weighted by Gasteiger charge is -2.14. The molecule has 2 heterocycles. The molecule has 0 unspecified atom stereocenters.